The minimum absolute atomic E-state index is 0.190. The highest BCUT2D eigenvalue weighted by atomic mass is 35.5. The molecule has 1 aromatic rings. The minimum atomic E-state index is -1.72. The summed E-state index contributed by atoms with van der Waals surface area (Å²) in [5.41, 5.74) is 3.11. The second-order valence-electron chi connectivity index (χ2n) is 4.06. The average Bonchev–Trinajstić information content (AvgIpc) is 2.22. The number of hydrogen-bond acceptors (Lipinski definition) is 4. The summed E-state index contributed by atoms with van der Waals surface area (Å²) in [6, 6.07) is 1.86. The van der Waals surface area contributed by atoms with Crippen LogP contribution in [0.3, 0.4) is 0 Å². The number of aliphatic carboxylic acids is 1. The zero-order chi connectivity index (χ0) is 14.1. The number of carbonyl (C=O) groups excluding carboxylic acids is 1. The van der Waals surface area contributed by atoms with Crippen LogP contribution in [0.4, 0.5) is 10.1 Å². The third kappa shape index (κ3) is 2.89. The number of hydrogen-bond donors (Lipinski definition) is 2. The van der Waals surface area contributed by atoms with Gasteiger partial charge in [-0.1, -0.05) is 11.6 Å². The molecule has 0 saturated heterocycles. The molecule has 1 aromatic carbocycles. The van der Waals surface area contributed by atoms with Gasteiger partial charge < -0.3 is 15.6 Å². The van der Waals surface area contributed by atoms with Crippen molar-refractivity contribution >= 4 is 29.2 Å². The van der Waals surface area contributed by atoms with Gasteiger partial charge in [0.1, 0.15) is 5.82 Å². The molecule has 0 spiro atoms. The Labute approximate surface area is 107 Å². The molecule has 0 aliphatic rings. The molecule has 0 unspecified atom stereocenters. The van der Waals surface area contributed by atoms with Gasteiger partial charge in [0.15, 0.2) is 0 Å². The number of carboxylic acid groups (broad SMARTS) is 1. The molecule has 7 heteroatoms. The average molecular weight is 276 g/mol. The minimum Gasteiger partial charge on any atom is -0.478 e. The van der Waals surface area contributed by atoms with Crippen molar-refractivity contribution in [3.8, 4) is 0 Å². The topological polar surface area (TPSA) is 89.6 Å². The number of ether oxygens (including phenoxy) is 1. The maximum Gasteiger partial charge on any atom is 0.347 e. The highest BCUT2D eigenvalue weighted by Crippen LogP contribution is 2.24. The zero-order valence-corrected chi connectivity index (χ0v) is 10.4. The normalized spacial score (nSPS) is 11.1. The standard InChI is InChI=1S/C11H11ClFNO4/c1-11(2,10(16)17)18-9(15)5-3-8(14)7(13)4-6(5)12/h3-4H,14H2,1-2H3,(H,16,17). The van der Waals surface area contributed by atoms with Crippen LogP contribution in [0.2, 0.25) is 5.02 Å². The number of nitrogen functional groups attached to an aromatic ring is 1. The molecule has 98 valence electrons. The number of carboxylic acids is 1. The Balaban J connectivity index is 3.06. The molecule has 0 aliphatic carbocycles. The van der Waals surface area contributed by atoms with E-state index >= 15 is 0 Å². The molecule has 0 aromatic heterocycles. The molecule has 0 atom stereocenters. The highest BCUT2D eigenvalue weighted by molar-refractivity contribution is 6.33. The third-order valence-electron chi connectivity index (χ3n) is 2.17. The summed E-state index contributed by atoms with van der Waals surface area (Å²) in [6.07, 6.45) is 0. The van der Waals surface area contributed by atoms with Gasteiger partial charge in [0, 0.05) is 0 Å². The first-order chi connectivity index (χ1) is 8.15. The Hall–Kier alpha value is -1.82. The van der Waals surface area contributed by atoms with Crippen LogP contribution in [0, 0.1) is 5.82 Å². The molecule has 0 radical (unpaired) electrons. The molecule has 0 saturated carbocycles. The Kier molecular flexibility index (Phi) is 3.81. The van der Waals surface area contributed by atoms with Crippen molar-refractivity contribution < 1.29 is 23.8 Å². The van der Waals surface area contributed by atoms with Gasteiger partial charge in [-0.3, -0.25) is 0 Å². The Bertz CT molecular complexity index is 516. The number of benzene rings is 1. The third-order valence-corrected chi connectivity index (χ3v) is 2.48. The summed E-state index contributed by atoms with van der Waals surface area (Å²) in [6.45, 7) is 2.40. The molecular weight excluding hydrogens is 265 g/mol. The van der Waals surface area contributed by atoms with Gasteiger partial charge in [-0.05, 0) is 26.0 Å². The van der Waals surface area contributed by atoms with E-state index in [4.69, 9.17) is 27.2 Å². The van der Waals surface area contributed by atoms with Crippen molar-refractivity contribution in [1.29, 1.82) is 0 Å². The van der Waals surface area contributed by atoms with E-state index in [1.54, 1.807) is 0 Å². The van der Waals surface area contributed by atoms with Gasteiger partial charge in [-0.2, -0.15) is 0 Å². The number of nitrogens with two attached hydrogens (primary N) is 1. The lowest BCUT2D eigenvalue weighted by molar-refractivity contribution is -0.155. The number of rotatable bonds is 3. The number of halogens is 2. The van der Waals surface area contributed by atoms with Crippen molar-refractivity contribution in [1.82, 2.24) is 0 Å². The molecule has 18 heavy (non-hydrogen) atoms. The van der Waals surface area contributed by atoms with E-state index in [1.807, 2.05) is 0 Å². The first-order valence-corrected chi connectivity index (χ1v) is 5.24. The summed E-state index contributed by atoms with van der Waals surface area (Å²) >= 11 is 5.66. The maximum atomic E-state index is 13.0. The second kappa shape index (κ2) is 4.81. The van der Waals surface area contributed by atoms with E-state index < -0.39 is 23.4 Å². The molecule has 1 rings (SSSR count). The molecule has 0 amide bonds. The first kappa shape index (κ1) is 14.2. The summed E-state index contributed by atoms with van der Waals surface area (Å²) < 4.78 is 17.8. The van der Waals surface area contributed by atoms with Gasteiger partial charge in [0.05, 0.1) is 16.3 Å². The fourth-order valence-corrected chi connectivity index (χ4v) is 1.28. The monoisotopic (exact) mass is 275 g/mol. The lowest BCUT2D eigenvalue weighted by atomic mass is 10.1. The van der Waals surface area contributed by atoms with E-state index in [0.717, 1.165) is 12.1 Å². The van der Waals surface area contributed by atoms with Crippen molar-refractivity contribution in [2.24, 2.45) is 0 Å². The van der Waals surface area contributed by atoms with Crippen LogP contribution in [0.1, 0.15) is 24.2 Å². The SMILES string of the molecule is CC(C)(OC(=O)c1cc(N)c(F)cc1Cl)C(=O)O. The largest absolute Gasteiger partial charge is 0.478 e. The number of esters is 1. The second-order valence-corrected chi connectivity index (χ2v) is 4.47. The van der Waals surface area contributed by atoms with Crippen molar-refractivity contribution in [3.05, 3.63) is 28.5 Å². The predicted octanol–water partition coefficient (Wildman–Crippen LogP) is 2.08. The molecule has 0 bridgehead atoms. The van der Waals surface area contributed by atoms with Crippen LogP contribution in [-0.2, 0) is 9.53 Å². The van der Waals surface area contributed by atoms with E-state index in [1.165, 1.54) is 13.8 Å². The van der Waals surface area contributed by atoms with Gasteiger partial charge in [0.25, 0.3) is 0 Å². The van der Waals surface area contributed by atoms with Crippen LogP contribution >= 0.6 is 11.6 Å². The van der Waals surface area contributed by atoms with Crippen LogP contribution in [-0.4, -0.2) is 22.6 Å². The smallest absolute Gasteiger partial charge is 0.347 e. The van der Waals surface area contributed by atoms with E-state index in [-0.39, 0.29) is 16.3 Å². The summed E-state index contributed by atoms with van der Waals surface area (Å²) in [5.74, 6) is -3.07. The summed E-state index contributed by atoms with van der Waals surface area (Å²) in [4.78, 5) is 22.5. The van der Waals surface area contributed by atoms with Gasteiger partial charge >= 0.3 is 11.9 Å². The van der Waals surface area contributed by atoms with Crippen molar-refractivity contribution in [3.63, 3.8) is 0 Å². The highest BCUT2D eigenvalue weighted by Gasteiger charge is 2.32. The summed E-state index contributed by atoms with van der Waals surface area (Å²) in [5, 5.41) is 8.61. The molecule has 0 aliphatic heterocycles. The van der Waals surface area contributed by atoms with E-state index in [9.17, 15) is 14.0 Å². The summed E-state index contributed by atoms with van der Waals surface area (Å²) in [7, 11) is 0. The lowest BCUT2D eigenvalue weighted by Gasteiger charge is -2.20. The van der Waals surface area contributed by atoms with Gasteiger partial charge in [-0.25, -0.2) is 14.0 Å². The fraction of sp³-hybridized carbons (Fsp3) is 0.273. The van der Waals surface area contributed by atoms with E-state index in [0.29, 0.717) is 0 Å². The molecule has 0 fully saturated rings. The number of carbonyl (C=O) groups is 2. The Morgan fingerprint density at radius 3 is 2.50 bits per heavy atom. The van der Waals surface area contributed by atoms with E-state index in [2.05, 4.69) is 0 Å². The predicted molar refractivity (Wildman–Crippen MR) is 63.0 cm³/mol. The van der Waals surface area contributed by atoms with Gasteiger partial charge in [-0.15, -0.1) is 0 Å². The van der Waals surface area contributed by atoms with Crippen molar-refractivity contribution in [2.45, 2.75) is 19.4 Å². The quantitative estimate of drug-likeness (QED) is 0.651. The lowest BCUT2D eigenvalue weighted by Crippen LogP contribution is -2.37. The molecule has 5 nitrogen and oxygen atoms in total. The van der Waals surface area contributed by atoms with Crippen molar-refractivity contribution in [2.75, 3.05) is 5.73 Å². The van der Waals surface area contributed by atoms with Gasteiger partial charge in [0.2, 0.25) is 5.60 Å². The van der Waals surface area contributed by atoms with Crippen LogP contribution in [0.15, 0.2) is 12.1 Å². The zero-order valence-electron chi connectivity index (χ0n) is 9.66. The fourth-order valence-electron chi connectivity index (χ4n) is 1.05. The van der Waals surface area contributed by atoms with Crippen LogP contribution in [0.25, 0.3) is 0 Å². The maximum absolute atomic E-state index is 13.0. The number of anilines is 1. The van der Waals surface area contributed by atoms with Crippen LogP contribution in [0.5, 0.6) is 0 Å². The molecule has 0 heterocycles. The molecule has 3 N–H and O–H groups in total. The first-order valence-electron chi connectivity index (χ1n) is 4.86. The Morgan fingerprint density at radius 1 is 1.44 bits per heavy atom. The Morgan fingerprint density at radius 2 is 2.00 bits per heavy atom. The van der Waals surface area contributed by atoms with Crippen LogP contribution < -0.4 is 5.73 Å². The molecular formula is C11H11ClFNO4.